The third-order valence-corrected chi connectivity index (χ3v) is 2.94. The molecule has 0 fully saturated rings. The minimum Gasteiger partial charge on any atom is -0.457 e. The maximum atomic E-state index is 12.3. The van der Waals surface area contributed by atoms with Crippen molar-refractivity contribution < 1.29 is 27.2 Å². The topological polar surface area (TPSA) is 52.3 Å². The molecule has 4 nitrogen and oxygen atoms in total. The molecule has 96 valence electrons. The Kier molecular flexibility index (Phi) is 3.37. The lowest BCUT2D eigenvalue weighted by molar-refractivity contribution is -0.134. The van der Waals surface area contributed by atoms with Crippen LogP contribution in [0.4, 0.5) is 13.2 Å². The molecular weight excluding hydrogens is 271 g/mol. The van der Waals surface area contributed by atoms with Crippen molar-refractivity contribution in [3.8, 4) is 0 Å². The first kappa shape index (κ1) is 12.6. The van der Waals surface area contributed by atoms with E-state index in [1.807, 2.05) is 0 Å². The van der Waals surface area contributed by atoms with Gasteiger partial charge in [0.2, 0.25) is 0 Å². The zero-order valence-corrected chi connectivity index (χ0v) is 9.55. The van der Waals surface area contributed by atoms with Gasteiger partial charge in [0.15, 0.2) is 0 Å². The fourth-order valence-electron chi connectivity index (χ4n) is 1.12. The van der Waals surface area contributed by atoms with Crippen LogP contribution in [0.5, 0.6) is 0 Å². The molecule has 0 atom stereocenters. The molecule has 0 aliphatic heterocycles. The molecule has 0 aliphatic rings. The molecule has 0 unspecified atom stereocenters. The van der Waals surface area contributed by atoms with Gasteiger partial charge in [0.25, 0.3) is 0 Å². The van der Waals surface area contributed by atoms with Crippen LogP contribution in [0.3, 0.4) is 0 Å². The van der Waals surface area contributed by atoms with Gasteiger partial charge in [0, 0.05) is 10.9 Å². The molecule has 0 saturated heterocycles. The number of hydrogen-bond donors (Lipinski definition) is 0. The Morgan fingerprint density at radius 1 is 1.50 bits per heavy atom. The fraction of sp³-hybridized carbons (Fsp3) is 0.200. The molecule has 0 saturated carbocycles. The molecule has 0 amide bonds. The summed E-state index contributed by atoms with van der Waals surface area (Å²) in [5, 5.41) is 4.51. The number of thiophene rings is 1. The lowest BCUT2D eigenvalue weighted by Crippen LogP contribution is -2.05. The van der Waals surface area contributed by atoms with E-state index in [2.05, 4.69) is 9.68 Å². The van der Waals surface area contributed by atoms with Crippen molar-refractivity contribution in [1.82, 2.24) is 5.16 Å². The van der Waals surface area contributed by atoms with Gasteiger partial charge in [-0.2, -0.15) is 13.2 Å². The van der Waals surface area contributed by atoms with Crippen LogP contribution in [0.2, 0.25) is 0 Å². The molecule has 2 aromatic rings. The van der Waals surface area contributed by atoms with Gasteiger partial charge in [0.1, 0.15) is 17.7 Å². The molecule has 0 radical (unpaired) electrons. The maximum absolute atomic E-state index is 12.3. The highest BCUT2D eigenvalue weighted by atomic mass is 32.1. The third-order valence-electron chi connectivity index (χ3n) is 1.97. The van der Waals surface area contributed by atoms with Gasteiger partial charge in [-0.25, -0.2) is 4.79 Å². The summed E-state index contributed by atoms with van der Waals surface area (Å²) in [6, 6.07) is 0.765. The zero-order chi connectivity index (χ0) is 13.2. The highest BCUT2D eigenvalue weighted by Crippen LogP contribution is 2.34. The molecule has 2 heterocycles. The van der Waals surface area contributed by atoms with Gasteiger partial charge in [-0.3, -0.25) is 0 Å². The second-order valence-corrected chi connectivity index (χ2v) is 4.22. The Morgan fingerprint density at radius 3 is 2.83 bits per heavy atom. The number of carbonyl (C=O) groups excluding carboxylic acids is 1. The fourth-order valence-corrected chi connectivity index (χ4v) is 1.87. The first-order valence-electron chi connectivity index (χ1n) is 4.68. The first-order valence-corrected chi connectivity index (χ1v) is 5.56. The van der Waals surface area contributed by atoms with Crippen molar-refractivity contribution in [3.05, 3.63) is 39.9 Å². The van der Waals surface area contributed by atoms with Gasteiger partial charge in [-0.15, -0.1) is 11.3 Å². The number of rotatable bonds is 3. The van der Waals surface area contributed by atoms with E-state index in [1.54, 1.807) is 0 Å². The normalized spacial score (nSPS) is 11.5. The number of halogens is 3. The second-order valence-electron chi connectivity index (χ2n) is 3.31. The van der Waals surface area contributed by atoms with Crippen LogP contribution >= 0.6 is 11.3 Å². The van der Waals surface area contributed by atoms with Crippen molar-refractivity contribution in [2.75, 3.05) is 0 Å². The molecule has 0 spiro atoms. The molecule has 0 aliphatic carbocycles. The summed E-state index contributed by atoms with van der Waals surface area (Å²) in [4.78, 5) is 10.6. The average molecular weight is 277 g/mol. The Bertz CT molecular complexity index is 533. The van der Waals surface area contributed by atoms with Crippen molar-refractivity contribution in [2.45, 2.75) is 12.8 Å². The Hall–Kier alpha value is -1.83. The molecule has 2 rings (SSSR count). The minimum absolute atomic E-state index is 0.0977. The highest BCUT2D eigenvalue weighted by Gasteiger charge is 2.33. The van der Waals surface area contributed by atoms with Gasteiger partial charge < -0.3 is 9.26 Å². The van der Waals surface area contributed by atoms with Gasteiger partial charge in [-0.1, -0.05) is 5.16 Å². The predicted molar refractivity (Wildman–Crippen MR) is 54.9 cm³/mol. The first-order chi connectivity index (χ1) is 8.47. The standard InChI is InChI=1S/C10H6F3NO3S/c11-10(12,13)8-1-7(5-18-8)9(15)16-3-6-2-14-17-4-6/h1-2,4-5H,3H2. The quantitative estimate of drug-likeness (QED) is 0.809. The Labute approximate surface area is 103 Å². The summed E-state index contributed by atoms with van der Waals surface area (Å²) >= 11 is 0.451. The van der Waals surface area contributed by atoms with E-state index < -0.39 is 17.0 Å². The number of esters is 1. The van der Waals surface area contributed by atoms with E-state index in [0.29, 0.717) is 16.9 Å². The summed E-state index contributed by atoms with van der Waals surface area (Å²) in [7, 11) is 0. The number of nitrogens with zero attached hydrogens (tertiary/aromatic N) is 1. The van der Waals surface area contributed by atoms with Crippen molar-refractivity contribution in [1.29, 1.82) is 0 Å². The molecule has 0 aromatic carbocycles. The summed E-state index contributed by atoms with van der Waals surface area (Å²) in [5.41, 5.74) is 0.401. The number of aromatic nitrogens is 1. The van der Waals surface area contributed by atoms with E-state index in [1.165, 1.54) is 12.5 Å². The monoisotopic (exact) mass is 277 g/mol. The number of ether oxygens (including phenoxy) is 1. The van der Waals surface area contributed by atoms with E-state index in [9.17, 15) is 18.0 Å². The lowest BCUT2D eigenvalue weighted by atomic mass is 10.3. The zero-order valence-electron chi connectivity index (χ0n) is 8.73. The summed E-state index contributed by atoms with van der Waals surface area (Å²) in [6.45, 7) is -0.0977. The average Bonchev–Trinajstić information content (AvgIpc) is 2.96. The predicted octanol–water partition coefficient (Wildman–Crippen LogP) is 3.11. The van der Waals surface area contributed by atoms with Crippen LogP contribution < -0.4 is 0 Å². The highest BCUT2D eigenvalue weighted by molar-refractivity contribution is 7.10. The van der Waals surface area contributed by atoms with Crippen LogP contribution in [0.15, 0.2) is 28.4 Å². The summed E-state index contributed by atoms with van der Waals surface area (Å²) in [5.74, 6) is -0.817. The van der Waals surface area contributed by atoms with E-state index in [-0.39, 0.29) is 12.2 Å². The Morgan fingerprint density at radius 2 is 2.28 bits per heavy atom. The molecule has 0 bridgehead atoms. The largest absolute Gasteiger partial charge is 0.457 e. The summed E-state index contributed by atoms with van der Waals surface area (Å²) in [6.07, 6.45) is -1.82. The molecular formula is C10H6F3NO3S. The lowest BCUT2D eigenvalue weighted by Gasteiger charge is -2.01. The number of hydrogen-bond acceptors (Lipinski definition) is 5. The van der Waals surface area contributed by atoms with E-state index >= 15 is 0 Å². The minimum atomic E-state index is -4.45. The van der Waals surface area contributed by atoms with Crippen molar-refractivity contribution >= 4 is 17.3 Å². The smallest absolute Gasteiger partial charge is 0.425 e. The number of carbonyl (C=O) groups is 1. The van der Waals surface area contributed by atoms with Crippen molar-refractivity contribution in [2.24, 2.45) is 0 Å². The summed E-state index contributed by atoms with van der Waals surface area (Å²) < 4.78 is 46.2. The van der Waals surface area contributed by atoms with Gasteiger partial charge in [-0.05, 0) is 6.07 Å². The van der Waals surface area contributed by atoms with Crippen LogP contribution in [0.1, 0.15) is 20.8 Å². The van der Waals surface area contributed by atoms with Crippen LogP contribution in [0, 0.1) is 0 Å². The molecule has 2 aromatic heterocycles. The van der Waals surface area contributed by atoms with E-state index in [0.717, 1.165) is 11.4 Å². The van der Waals surface area contributed by atoms with E-state index in [4.69, 9.17) is 4.74 Å². The van der Waals surface area contributed by atoms with Gasteiger partial charge >= 0.3 is 12.1 Å². The Balaban J connectivity index is 1.99. The molecule has 8 heteroatoms. The van der Waals surface area contributed by atoms with Crippen LogP contribution in [0.25, 0.3) is 0 Å². The van der Waals surface area contributed by atoms with Crippen LogP contribution in [-0.2, 0) is 17.5 Å². The number of alkyl halides is 3. The molecule has 0 N–H and O–H groups in total. The third kappa shape index (κ3) is 2.89. The SMILES string of the molecule is O=C(OCc1cnoc1)c1csc(C(F)(F)F)c1. The van der Waals surface area contributed by atoms with Gasteiger partial charge in [0.05, 0.1) is 11.8 Å². The van der Waals surface area contributed by atoms with Crippen molar-refractivity contribution in [3.63, 3.8) is 0 Å². The molecule has 18 heavy (non-hydrogen) atoms. The maximum Gasteiger partial charge on any atom is 0.425 e. The second kappa shape index (κ2) is 4.81. The van der Waals surface area contributed by atoms with Crippen LogP contribution in [-0.4, -0.2) is 11.1 Å².